The molecule has 4 rings (SSSR count). The molecule has 31 heavy (non-hydrogen) atoms. The molecule has 1 amide bonds. The lowest BCUT2D eigenvalue weighted by atomic mass is 10.1. The van der Waals surface area contributed by atoms with E-state index in [1.165, 1.54) is 25.3 Å². The molecule has 0 aliphatic carbocycles. The predicted octanol–water partition coefficient (Wildman–Crippen LogP) is 7.20. The molecule has 1 aliphatic heterocycles. The number of anilines is 2. The number of benzene rings is 2. The van der Waals surface area contributed by atoms with E-state index in [2.05, 4.69) is 10.2 Å². The van der Waals surface area contributed by atoms with Gasteiger partial charge in [-0.3, -0.25) is 4.79 Å². The number of piperidine rings is 1. The Balaban J connectivity index is 1.39. The van der Waals surface area contributed by atoms with Crippen molar-refractivity contribution in [3.8, 4) is 11.3 Å². The molecular weight excluding hydrogens is 431 g/mol. The lowest BCUT2D eigenvalue weighted by molar-refractivity contribution is -0.111. The zero-order valence-corrected chi connectivity index (χ0v) is 18.8. The molecule has 160 valence electrons. The molecular formula is C25H24Cl2N2O2. The Kier molecular flexibility index (Phi) is 6.69. The van der Waals surface area contributed by atoms with Crippen LogP contribution in [0.4, 0.5) is 11.4 Å². The third-order valence-electron chi connectivity index (χ3n) is 5.39. The normalized spacial score (nSPS) is 14.2. The van der Waals surface area contributed by atoms with E-state index in [9.17, 15) is 4.79 Å². The number of nitrogens with one attached hydrogen (secondary N) is 1. The summed E-state index contributed by atoms with van der Waals surface area (Å²) in [6.07, 6.45) is 6.72. The summed E-state index contributed by atoms with van der Waals surface area (Å²) in [6, 6.07) is 15.1. The Morgan fingerprint density at radius 3 is 2.55 bits per heavy atom. The molecule has 0 saturated carbocycles. The number of furan rings is 1. The second-order valence-corrected chi connectivity index (χ2v) is 8.52. The van der Waals surface area contributed by atoms with Crippen LogP contribution in [0.1, 0.15) is 30.6 Å². The maximum Gasteiger partial charge on any atom is 0.248 e. The van der Waals surface area contributed by atoms with Crippen LogP contribution in [-0.4, -0.2) is 19.0 Å². The molecule has 0 spiro atoms. The molecule has 0 radical (unpaired) electrons. The van der Waals surface area contributed by atoms with Gasteiger partial charge in [-0.1, -0.05) is 35.3 Å². The molecule has 1 saturated heterocycles. The van der Waals surface area contributed by atoms with Gasteiger partial charge in [0.1, 0.15) is 11.5 Å². The highest BCUT2D eigenvalue weighted by molar-refractivity contribution is 6.33. The Morgan fingerprint density at radius 1 is 1.00 bits per heavy atom. The van der Waals surface area contributed by atoms with Crippen LogP contribution in [0.5, 0.6) is 0 Å². The summed E-state index contributed by atoms with van der Waals surface area (Å²) >= 11 is 12.7. The van der Waals surface area contributed by atoms with E-state index >= 15 is 0 Å². The van der Waals surface area contributed by atoms with Gasteiger partial charge >= 0.3 is 0 Å². The van der Waals surface area contributed by atoms with Gasteiger partial charge in [-0.15, -0.1) is 0 Å². The van der Waals surface area contributed by atoms with Crippen molar-refractivity contribution in [1.82, 2.24) is 0 Å². The number of rotatable bonds is 5. The van der Waals surface area contributed by atoms with Crippen LogP contribution in [0, 0.1) is 6.92 Å². The average Bonchev–Trinajstić information content (AvgIpc) is 3.24. The number of carbonyl (C=O) groups excluding carboxylic acids is 1. The highest BCUT2D eigenvalue weighted by Crippen LogP contribution is 2.31. The first-order chi connectivity index (χ1) is 15.0. The van der Waals surface area contributed by atoms with Crippen molar-refractivity contribution < 1.29 is 9.21 Å². The van der Waals surface area contributed by atoms with E-state index in [0.717, 1.165) is 29.9 Å². The molecule has 0 unspecified atom stereocenters. The molecule has 0 bridgehead atoms. The molecule has 1 aliphatic rings. The van der Waals surface area contributed by atoms with Crippen LogP contribution in [0.15, 0.2) is 59.0 Å². The minimum Gasteiger partial charge on any atom is -0.457 e. The van der Waals surface area contributed by atoms with Crippen molar-refractivity contribution in [2.45, 2.75) is 26.2 Å². The van der Waals surface area contributed by atoms with Crippen molar-refractivity contribution in [1.29, 1.82) is 0 Å². The summed E-state index contributed by atoms with van der Waals surface area (Å²) in [4.78, 5) is 14.6. The van der Waals surface area contributed by atoms with Gasteiger partial charge in [-0.25, -0.2) is 0 Å². The largest absolute Gasteiger partial charge is 0.457 e. The van der Waals surface area contributed by atoms with Gasteiger partial charge in [0.2, 0.25) is 5.91 Å². The van der Waals surface area contributed by atoms with Crippen LogP contribution in [0.3, 0.4) is 0 Å². The second-order valence-electron chi connectivity index (χ2n) is 7.70. The number of aryl methyl sites for hydroxylation is 1. The Labute approximate surface area is 192 Å². The summed E-state index contributed by atoms with van der Waals surface area (Å²) in [5.74, 6) is 1.03. The van der Waals surface area contributed by atoms with Crippen LogP contribution in [0.25, 0.3) is 17.4 Å². The predicted molar refractivity (Wildman–Crippen MR) is 129 cm³/mol. The number of amides is 1. The third-order valence-corrected chi connectivity index (χ3v) is 6.10. The summed E-state index contributed by atoms with van der Waals surface area (Å²) in [5.41, 5.74) is 3.59. The van der Waals surface area contributed by atoms with Crippen molar-refractivity contribution in [2.75, 3.05) is 23.3 Å². The van der Waals surface area contributed by atoms with Crippen LogP contribution in [-0.2, 0) is 4.79 Å². The van der Waals surface area contributed by atoms with E-state index in [4.69, 9.17) is 27.6 Å². The van der Waals surface area contributed by atoms with Crippen LogP contribution in [0.2, 0.25) is 10.0 Å². The number of halogens is 2. The topological polar surface area (TPSA) is 45.5 Å². The van der Waals surface area contributed by atoms with Gasteiger partial charge in [0.05, 0.1) is 10.7 Å². The molecule has 6 heteroatoms. The molecule has 1 fully saturated rings. The highest BCUT2D eigenvalue weighted by Gasteiger charge is 2.14. The van der Waals surface area contributed by atoms with Gasteiger partial charge in [-0.2, -0.15) is 0 Å². The molecule has 4 nitrogen and oxygen atoms in total. The van der Waals surface area contributed by atoms with E-state index in [0.29, 0.717) is 27.3 Å². The van der Waals surface area contributed by atoms with E-state index in [-0.39, 0.29) is 5.91 Å². The Hall–Kier alpha value is -2.69. The van der Waals surface area contributed by atoms with Crippen molar-refractivity contribution in [3.05, 3.63) is 76.0 Å². The van der Waals surface area contributed by atoms with Crippen LogP contribution < -0.4 is 10.2 Å². The van der Waals surface area contributed by atoms with Gasteiger partial charge in [0.25, 0.3) is 0 Å². The summed E-state index contributed by atoms with van der Waals surface area (Å²) in [5, 5.41) is 4.19. The molecule has 2 heterocycles. The smallest absolute Gasteiger partial charge is 0.248 e. The maximum absolute atomic E-state index is 12.3. The van der Waals surface area contributed by atoms with E-state index < -0.39 is 0 Å². The number of hydrogen-bond donors (Lipinski definition) is 1. The Bertz CT molecular complexity index is 1110. The highest BCUT2D eigenvalue weighted by atomic mass is 35.5. The fraction of sp³-hybridized carbons (Fsp3) is 0.240. The molecule has 3 aromatic rings. The van der Waals surface area contributed by atoms with Crippen molar-refractivity contribution >= 4 is 46.6 Å². The monoisotopic (exact) mass is 454 g/mol. The zero-order valence-electron chi connectivity index (χ0n) is 17.3. The SMILES string of the molecule is Cc1ccc(-c2ccc(C=CC(=O)Nc3ccc(N4CCCCC4)c(Cl)c3)o2)cc1Cl. The van der Waals surface area contributed by atoms with Gasteiger partial charge < -0.3 is 14.6 Å². The molecule has 2 aromatic carbocycles. The minimum atomic E-state index is -0.252. The third kappa shape index (κ3) is 5.33. The first-order valence-corrected chi connectivity index (χ1v) is 11.1. The zero-order chi connectivity index (χ0) is 21.8. The number of carbonyl (C=O) groups is 1. The first-order valence-electron chi connectivity index (χ1n) is 10.4. The van der Waals surface area contributed by atoms with Gasteiger partial charge in [-0.05, 0) is 74.2 Å². The standard InChI is InChI=1S/C25H24Cl2N2O2/c1-17-5-6-18(15-21(17)26)24-11-8-20(31-24)9-12-25(30)28-19-7-10-23(22(27)16-19)29-13-3-2-4-14-29/h5-12,15-16H,2-4,13-14H2,1H3,(H,28,30). The molecule has 1 N–H and O–H groups in total. The van der Waals surface area contributed by atoms with Crippen molar-refractivity contribution in [3.63, 3.8) is 0 Å². The minimum absolute atomic E-state index is 0.252. The van der Waals surface area contributed by atoms with Crippen LogP contribution >= 0.6 is 23.2 Å². The number of hydrogen-bond acceptors (Lipinski definition) is 3. The quantitative estimate of drug-likeness (QED) is 0.414. The molecule has 1 aromatic heterocycles. The summed E-state index contributed by atoms with van der Waals surface area (Å²) < 4.78 is 5.82. The van der Waals surface area contributed by atoms with Gasteiger partial charge in [0, 0.05) is 35.4 Å². The Morgan fingerprint density at radius 2 is 1.81 bits per heavy atom. The van der Waals surface area contributed by atoms with Crippen molar-refractivity contribution in [2.24, 2.45) is 0 Å². The molecule has 0 atom stereocenters. The lowest BCUT2D eigenvalue weighted by Crippen LogP contribution is -2.29. The fourth-order valence-electron chi connectivity index (χ4n) is 3.66. The van der Waals surface area contributed by atoms with E-state index in [1.54, 1.807) is 12.1 Å². The summed E-state index contributed by atoms with van der Waals surface area (Å²) in [7, 11) is 0. The number of nitrogens with zero attached hydrogens (tertiary/aromatic N) is 1. The lowest BCUT2D eigenvalue weighted by Gasteiger charge is -2.29. The second kappa shape index (κ2) is 9.63. The fourth-order valence-corrected chi connectivity index (χ4v) is 4.14. The van der Waals surface area contributed by atoms with E-state index in [1.807, 2.05) is 49.4 Å². The maximum atomic E-state index is 12.3. The van der Waals surface area contributed by atoms with Gasteiger partial charge in [0.15, 0.2) is 0 Å². The first kappa shape index (κ1) is 21.5. The average molecular weight is 455 g/mol. The summed E-state index contributed by atoms with van der Waals surface area (Å²) in [6.45, 7) is 4.00.